The average Bonchev–Trinajstić information content (AvgIpc) is 2.46. The van der Waals surface area contributed by atoms with Crippen LogP contribution in [0.1, 0.15) is 24.2 Å². The van der Waals surface area contributed by atoms with Crippen molar-refractivity contribution in [3.8, 4) is 0 Å². The maximum Gasteiger partial charge on any atom is 0.240 e. The lowest BCUT2D eigenvalue weighted by Gasteiger charge is -2.09. The van der Waals surface area contributed by atoms with Crippen LogP contribution in [0.5, 0.6) is 0 Å². The van der Waals surface area contributed by atoms with E-state index < -0.39 is 16.1 Å². The summed E-state index contributed by atoms with van der Waals surface area (Å²) in [5, 5.41) is 9.40. The van der Waals surface area contributed by atoms with Crippen LogP contribution in [0.3, 0.4) is 0 Å². The van der Waals surface area contributed by atoms with E-state index in [-0.39, 0.29) is 11.4 Å². The zero-order chi connectivity index (χ0) is 14.6. The lowest BCUT2D eigenvalue weighted by atomic mass is 10.1. The minimum atomic E-state index is -3.53. The standard InChI is InChI=1S/C15H17NO3S/c1-12(17)14-7-9-15(10-8-14)20(18,19)16-11-13-5-3-2-4-6-13/h2-10,12,16-17H,11H2,1H3/t12-/m0/s1. The molecule has 0 amide bonds. The molecule has 0 saturated carbocycles. The van der Waals surface area contributed by atoms with Gasteiger partial charge >= 0.3 is 0 Å². The first-order valence-corrected chi connectivity index (χ1v) is 7.79. The summed E-state index contributed by atoms with van der Waals surface area (Å²) in [6.07, 6.45) is -0.607. The van der Waals surface area contributed by atoms with Crippen molar-refractivity contribution in [1.29, 1.82) is 0 Å². The molecule has 0 unspecified atom stereocenters. The van der Waals surface area contributed by atoms with E-state index >= 15 is 0 Å². The third kappa shape index (κ3) is 3.66. The molecule has 106 valence electrons. The van der Waals surface area contributed by atoms with Gasteiger partial charge in [-0.25, -0.2) is 13.1 Å². The largest absolute Gasteiger partial charge is 0.389 e. The molecule has 2 aromatic rings. The van der Waals surface area contributed by atoms with E-state index in [1.807, 2.05) is 30.3 Å². The normalized spacial score (nSPS) is 13.1. The zero-order valence-corrected chi connectivity index (χ0v) is 12.0. The highest BCUT2D eigenvalue weighted by Crippen LogP contribution is 2.16. The van der Waals surface area contributed by atoms with Gasteiger partial charge in [-0.05, 0) is 30.2 Å². The van der Waals surface area contributed by atoms with E-state index in [1.165, 1.54) is 12.1 Å². The molecule has 0 saturated heterocycles. The second kappa shape index (κ2) is 6.17. The molecule has 0 fully saturated rings. The first-order chi connectivity index (χ1) is 9.49. The van der Waals surface area contributed by atoms with Gasteiger partial charge in [-0.2, -0.15) is 0 Å². The number of sulfonamides is 1. The number of hydrogen-bond acceptors (Lipinski definition) is 3. The van der Waals surface area contributed by atoms with Crippen molar-refractivity contribution in [2.75, 3.05) is 0 Å². The molecule has 5 heteroatoms. The number of aliphatic hydroxyl groups is 1. The van der Waals surface area contributed by atoms with Gasteiger partial charge in [0.2, 0.25) is 10.0 Å². The van der Waals surface area contributed by atoms with E-state index in [1.54, 1.807) is 19.1 Å². The van der Waals surface area contributed by atoms with Crippen LogP contribution in [0.4, 0.5) is 0 Å². The Labute approximate surface area is 119 Å². The van der Waals surface area contributed by atoms with E-state index in [9.17, 15) is 13.5 Å². The molecule has 0 spiro atoms. The van der Waals surface area contributed by atoms with Gasteiger partial charge in [-0.15, -0.1) is 0 Å². The summed E-state index contributed by atoms with van der Waals surface area (Å²) in [7, 11) is -3.53. The van der Waals surface area contributed by atoms with Crippen LogP contribution < -0.4 is 4.72 Å². The minimum absolute atomic E-state index is 0.192. The molecule has 0 aliphatic heterocycles. The van der Waals surface area contributed by atoms with Crippen LogP contribution in [0.25, 0.3) is 0 Å². The first-order valence-electron chi connectivity index (χ1n) is 6.30. The number of rotatable bonds is 5. The van der Waals surface area contributed by atoms with Gasteiger partial charge in [0.15, 0.2) is 0 Å². The number of nitrogens with one attached hydrogen (secondary N) is 1. The average molecular weight is 291 g/mol. The Morgan fingerprint density at radius 3 is 2.20 bits per heavy atom. The van der Waals surface area contributed by atoms with Crippen LogP contribution >= 0.6 is 0 Å². The van der Waals surface area contributed by atoms with Crippen LogP contribution in [-0.4, -0.2) is 13.5 Å². The van der Waals surface area contributed by atoms with Gasteiger partial charge in [0.25, 0.3) is 0 Å². The summed E-state index contributed by atoms with van der Waals surface area (Å²) >= 11 is 0. The second-order valence-electron chi connectivity index (χ2n) is 4.56. The Morgan fingerprint density at radius 2 is 1.65 bits per heavy atom. The Bertz CT molecular complexity index is 649. The third-order valence-corrected chi connectivity index (χ3v) is 4.40. The lowest BCUT2D eigenvalue weighted by Crippen LogP contribution is -2.23. The number of hydrogen-bond donors (Lipinski definition) is 2. The number of benzene rings is 2. The van der Waals surface area contributed by atoms with Crippen molar-refractivity contribution >= 4 is 10.0 Å². The van der Waals surface area contributed by atoms with E-state index in [0.717, 1.165) is 5.56 Å². The molecule has 2 N–H and O–H groups in total. The molecular weight excluding hydrogens is 274 g/mol. The van der Waals surface area contributed by atoms with E-state index in [4.69, 9.17) is 0 Å². The predicted octanol–water partition coefficient (Wildman–Crippen LogP) is 2.22. The smallest absolute Gasteiger partial charge is 0.240 e. The van der Waals surface area contributed by atoms with Crippen molar-refractivity contribution in [2.45, 2.75) is 24.5 Å². The maximum absolute atomic E-state index is 12.1. The fourth-order valence-corrected chi connectivity index (χ4v) is 2.80. The topological polar surface area (TPSA) is 66.4 Å². The fraction of sp³-hybridized carbons (Fsp3) is 0.200. The summed E-state index contributed by atoms with van der Waals surface area (Å²) < 4.78 is 26.8. The van der Waals surface area contributed by atoms with Crippen LogP contribution in [0, 0.1) is 0 Å². The highest BCUT2D eigenvalue weighted by molar-refractivity contribution is 7.89. The molecular formula is C15H17NO3S. The quantitative estimate of drug-likeness (QED) is 0.887. The molecule has 0 heterocycles. The van der Waals surface area contributed by atoms with Gasteiger partial charge in [0, 0.05) is 6.54 Å². The van der Waals surface area contributed by atoms with Crippen LogP contribution in [0.15, 0.2) is 59.5 Å². The monoisotopic (exact) mass is 291 g/mol. The highest BCUT2D eigenvalue weighted by Gasteiger charge is 2.13. The fourth-order valence-electron chi connectivity index (χ4n) is 1.78. The minimum Gasteiger partial charge on any atom is -0.389 e. The van der Waals surface area contributed by atoms with Gasteiger partial charge in [-0.3, -0.25) is 0 Å². The van der Waals surface area contributed by atoms with Gasteiger partial charge in [0.05, 0.1) is 11.0 Å². The highest BCUT2D eigenvalue weighted by atomic mass is 32.2. The van der Waals surface area contributed by atoms with Crippen LogP contribution in [-0.2, 0) is 16.6 Å². The van der Waals surface area contributed by atoms with Gasteiger partial charge < -0.3 is 5.11 Å². The van der Waals surface area contributed by atoms with E-state index in [2.05, 4.69) is 4.72 Å². The molecule has 20 heavy (non-hydrogen) atoms. The lowest BCUT2D eigenvalue weighted by molar-refractivity contribution is 0.199. The van der Waals surface area contributed by atoms with Crippen LogP contribution in [0.2, 0.25) is 0 Å². The molecule has 2 aromatic carbocycles. The number of aliphatic hydroxyl groups excluding tert-OH is 1. The Balaban J connectivity index is 2.10. The summed E-state index contributed by atoms with van der Waals surface area (Å²) in [4.78, 5) is 0.192. The molecule has 0 aliphatic rings. The Hall–Kier alpha value is -1.69. The molecule has 1 atom stereocenters. The summed E-state index contributed by atoms with van der Waals surface area (Å²) in [5.74, 6) is 0. The molecule has 0 aliphatic carbocycles. The van der Waals surface area contributed by atoms with Gasteiger partial charge in [-0.1, -0.05) is 42.5 Å². The van der Waals surface area contributed by atoms with E-state index in [0.29, 0.717) is 5.56 Å². The molecule has 0 bridgehead atoms. The van der Waals surface area contributed by atoms with Gasteiger partial charge in [0.1, 0.15) is 0 Å². The zero-order valence-electron chi connectivity index (χ0n) is 11.2. The summed E-state index contributed by atoms with van der Waals surface area (Å²) in [6, 6.07) is 15.5. The summed E-state index contributed by atoms with van der Waals surface area (Å²) in [6.45, 7) is 1.89. The second-order valence-corrected chi connectivity index (χ2v) is 6.32. The van der Waals surface area contributed by atoms with Crippen molar-refractivity contribution in [1.82, 2.24) is 4.72 Å². The van der Waals surface area contributed by atoms with Crippen molar-refractivity contribution in [3.05, 3.63) is 65.7 Å². The third-order valence-electron chi connectivity index (χ3n) is 2.98. The Kier molecular flexibility index (Phi) is 4.54. The predicted molar refractivity (Wildman–Crippen MR) is 77.5 cm³/mol. The molecule has 4 nitrogen and oxygen atoms in total. The van der Waals surface area contributed by atoms with Crippen molar-refractivity contribution < 1.29 is 13.5 Å². The SMILES string of the molecule is C[C@H](O)c1ccc(S(=O)(=O)NCc2ccccc2)cc1. The molecule has 2 rings (SSSR count). The van der Waals surface area contributed by atoms with Crippen molar-refractivity contribution in [3.63, 3.8) is 0 Å². The maximum atomic E-state index is 12.1. The molecule has 0 aromatic heterocycles. The first kappa shape index (κ1) is 14.7. The summed E-state index contributed by atoms with van der Waals surface area (Å²) in [5.41, 5.74) is 1.59. The Morgan fingerprint density at radius 1 is 1.05 bits per heavy atom. The molecule has 0 radical (unpaired) electrons. The van der Waals surface area contributed by atoms with Crippen molar-refractivity contribution in [2.24, 2.45) is 0 Å².